The molecule has 0 amide bonds. The molecule has 5 atom stereocenters. The van der Waals surface area contributed by atoms with Crippen LogP contribution in [0.5, 0.6) is 0 Å². The Kier molecular flexibility index (Phi) is 4.79. The molecule has 0 radical (unpaired) electrons. The van der Waals surface area contributed by atoms with E-state index in [4.69, 9.17) is 9.47 Å². The third-order valence-corrected chi connectivity index (χ3v) is 5.03. The molecular formula is C18H26O3. The first kappa shape index (κ1) is 14.8. The van der Waals surface area contributed by atoms with Crippen LogP contribution in [0.4, 0.5) is 0 Å². The van der Waals surface area contributed by atoms with Gasteiger partial charge in [-0.05, 0) is 32.1 Å². The van der Waals surface area contributed by atoms with E-state index in [-0.39, 0.29) is 24.3 Å². The number of hydrogen-bond acceptors (Lipinski definition) is 3. The minimum atomic E-state index is -0.0221. The number of ether oxygens (including phenoxy) is 2. The topological polar surface area (TPSA) is 35.5 Å². The molecule has 0 aromatic heterocycles. The maximum atomic E-state index is 12.0. The van der Waals surface area contributed by atoms with Crippen LogP contribution in [0.2, 0.25) is 0 Å². The molecule has 1 aliphatic carbocycles. The highest BCUT2D eigenvalue weighted by Gasteiger charge is 2.54. The van der Waals surface area contributed by atoms with Crippen LogP contribution in [0.1, 0.15) is 51.9 Å². The molecule has 116 valence electrons. The Bertz CT molecular complexity index is 426. The van der Waals surface area contributed by atoms with Crippen molar-refractivity contribution in [3.8, 4) is 0 Å². The molecule has 0 N–H and O–H groups in total. The standard InChI is InChI=1S/C18H26O3/c1-2-14-18-13-10-8-6-4-3-5-7-9-11-17(19)21-16(18)12-15(13)20-14/h3-4,8,10,13-16,18H,2,5-7,9,11-12H2,1H3/b4-3-,10-8+/t13-,14+,15+,16+,18-/m1/s1. The SMILES string of the molecule is CC[C@@H]1O[C@H]2C[C@@H]3OC(=O)CCCC/C=C\C/C=C/[C@H]2[C@@H]31. The third-order valence-electron chi connectivity index (χ3n) is 5.03. The van der Waals surface area contributed by atoms with Crippen LogP contribution in [0.15, 0.2) is 24.3 Å². The van der Waals surface area contributed by atoms with E-state index in [1.54, 1.807) is 0 Å². The Balaban J connectivity index is 1.75. The fourth-order valence-corrected chi connectivity index (χ4v) is 4.02. The van der Waals surface area contributed by atoms with Crippen LogP contribution in [-0.2, 0) is 14.3 Å². The van der Waals surface area contributed by atoms with E-state index in [0.717, 1.165) is 38.5 Å². The van der Waals surface area contributed by atoms with Crippen LogP contribution in [0.3, 0.4) is 0 Å². The van der Waals surface area contributed by atoms with E-state index in [0.29, 0.717) is 18.3 Å². The highest BCUT2D eigenvalue weighted by atomic mass is 16.6. The molecule has 4 bridgehead atoms. The van der Waals surface area contributed by atoms with Gasteiger partial charge in [-0.3, -0.25) is 4.79 Å². The lowest BCUT2D eigenvalue weighted by Crippen LogP contribution is -2.35. The quantitative estimate of drug-likeness (QED) is 0.544. The van der Waals surface area contributed by atoms with Crippen LogP contribution in [0, 0.1) is 11.8 Å². The second kappa shape index (κ2) is 6.78. The molecule has 0 aromatic carbocycles. The van der Waals surface area contributed by atoms with Gasteiger partial charge in [0.05, 0.1) is 12.2 Å². The average Bonchev–Trinajstić information content (AvgIpc) is 2.98. The van der Waals surface area contributed by atoms with E-state index >= 15 is 0 Å². The lowest BCUT2D eigenvalue weighted by atomic mass is 9.89. The molecular weight excluding hydrogens is 264 g/mol. The molecule has 3 aliphatic rings. The molecule has 2 aliphatic heterocycles. The van der Waals surface area contributed by atoms with Gasteiger partial charge in [0, 0.05) is 24.7 Å². The minimum absolute atomic E-state index is 0.0221. The van der Waals surface area contributed by atoms with E-state index in [1.165, 1.54) is 0 Å². The number of carbonyl (C=O) groups is 1. The smallest absolute Gasteiger partial charge is 0.306 e. The summed E-state index contributed by atoms with van der Waals surface area (Å²) in [7, 11) is 0. The summed E-state index contributed by atoms with van der Waals surface area (Å²) >= 11 is 0. The van der Waals surface area contributed by atoms with Crippen molar-refractivity contribution in [2.45, 2.75) is 70.2 Å². The Hall–Kier alpha value is -1.09. The van der Waals surface area contributed by atoms with Crippen LogP contribution in [-0.4, -0.2) is 24.3 Å². The first-order valence-corrected chi connectivity index (χ1v) is 8.46. The molecule has 0 unspecified atom stereocenters. The monoisotopic (exact) mass is 290 g/mol. The molecule has 2 heterocycles. The maximum Gasteiger partial charge on any atom is 0.306 e. The molecule has 3 heteroatoms. The Morgan fingerprint density at radius 2 is 2.10 bits per heavy atom. The third kappa shape index (κ3) is 3.23. The molecule has 3 rings (SSSR count). The molecule has 3 nitrogen and oxygen atoms in total. The fraction of sp³-hybridized carbons (Fsp3) is 0.722. The van der Waals surface area contributed by atoms with Crippen molar-refractivity contribution in [1.29, 1.82) is 0 Å². The summed E-state index contributed by atoms with van der Waals surface area (Å²) in [4.78, 5) is 12.0. The van der Waals surface area contributed by atoms with Gasteiger partial charge in [0.1, 0.15) is 6.10 Å². The van der Waals surface area contributed by atoms with Gasteiger partial charge in [0.15, 0.2) is 0 Å². The second-order valence-electron chi connectivity index (χ2n) is 6.42. The molecule has 1 saturated heterocycles. The van der Waals surface area contributed by atoms with Gasteiger partial charge >= 0.3 is 5.97 Å². The Labute approximate surface area is 127 Å². The predicted molar refractivity (Wildman–Crippen MR) is 81.8 cm³/mol. The van der Waals surface area contributed by atoms with Crippen molar-refractivity contribution in [3.63, 3.8) is 0 Å². The first-order valence-electron chi connectivity index (χ1n) is 8.46. The van der Waals surface area contributed by atoms with E-state index in [9.17, 15) is 4.79 Å². The molecule has 1 saturated carbocycles. The Morgan fingerprint density at radius 1 is 1.19 bits per heavy atom. The summed E-state index contributed by atoms with van der Waals surface area (Å²) in [5.74, 6) is 0.752. The van der Waals surface area contributed by atoms with Gasteiger partial charge in [-0.1, -0.05) is 31.2 Å². The highest BCUT2D eigenvalue weighted by molar-refractivity contribution is 5.69. The first-order chi connectivity index (χ1) is 10.3. The lowest BCUT2D eigenvalue weighted by Gasteiger charge is -2.28. The second-order valence-corrected chi connectivity index (χ2v) is 6.42. The molecule has 0 aromatic rings. The number of rotatable bonds is 1. The Morgan fingerprint density at radius 3 is 2.95 bits per heavy atom. The van der Waals surface area contributed by atoms with Crippen LogP contribution in [0.25, 0.3) is 0 Å². The van der Waals surface area contributed by atoms with E-state index in [1.807, 2.05) is 0 Å². The van der Waals surface area contributed by atoms with Crippen molar-refractivity contribution < 1.29 is 14.3 Å². The summed E-state index contributed by atoms with van der Waals surface area (Å²) < 4.78 is 11.9. The van der Waals surface area contributed by atoms with Gasteiger partial charge < -0.3 is 9.47 Å². The summed E-state index contributed by atoms with van der Waals surface area (Å²) in [6.07, 6.45) is 16.0. The van der Waals surface area contributed by atoms with Gasteiger partial charge in [-0.15, -0.1) is 0 Å². The van der Waals surface area contributed by atoms with Crippen molar-refractivity contribution >= 4 is 5.97 Å². The zero-order chi connectivity index (χ0) is 14.7. The fourth-order valence-electron chi connectivity index (χ4n) is 4.02. The van der Waals surface area contributed by atoms with E-state index < -0.39 is 0 Å². The highest BCUT2D eigenvalue weighted by Crippen LogP contribution is 2.48. The van der Waals surface area contributed by atoms with Gasteiger partial charge in [0.25, 0.3) is 0 Å². The normalized spacial score (nSPS) is 43.1. The minimum Gasteiger partial charge on any atom is -0.462 e. The summed E-state index contributed by atoms with van der Waals surface area (Å²) in [5.41, 5.74) is 0. The molecule has 2 fully saturated rings. The number of esters is 1. The summed E-state index contributed by atoms with van der Waals surface area (Å²) in [6.45, 7) is 2.16. The largest absolute Gasteiger partial charge is 0.462 e. The van der Waals surface area contributed by atoms with Crippen molar-refractivity contribution in [1.82, 2.24) is 0 Å². The van der Waals surface area contributed by atoms with E-state index in [2.05, 4.69) is 31.2 Å². The lowest BCUT2D eigenvalue weighted by molar-refractivity contribution is -0.157. The van der Waals surface area contributed by atoms with Crippen LogP contribution >= 0.6 is 0 Å². The van der Waals surface area contributed by atoms with Gasteiger partial charge in [-0.25, -0.2) is 0 Å². The van der Waals surface area contributed by atoms with Crippen molar-refractivity contribution in [2.24, 2.45) is 11.8 Å². The predicted octanol–water partition coefficient (Wildman–Crippen LogP) is 3.79. The average molecular weight is 290 g/mol. The van der Waals surface area contributed by atoms with Crippen molar-refractivity contribution in [2.75, 3.05) is 0 Å². The zero-order valence-corrected chi connectivity index (χ0v) is 12.9. The number of hydrogen-bond donors (Lipinski definition) is 0. The van der Waals surface area contributed by atoms with Crippen LogP contribution < -0.4 is 0 Å². The summed E-state index contributed by atoms with van der Waals surface area (Å²) in [6, 6.07) is 0. The molecule has 0 spiro atoms. The van der Waals surface area contributed by atoms with Gasteiger partial charge in [-0.2, -0.15) is 0 Å². The maximum absolute atomic E-state index is 12.0. The molecule has 21 heavy (non-hydrogen) atoms. The van der Waals surface area contributed by atoms with Crippen molar-refractivity contribution in [3.05, 3.63) is 24.3 Å². The number of carbonyl (C=O) groups excluding carboxylic acids is 1. The zero-order valence-electron chi connectivity index (χ0n) is 12.9. The summed E-state index contributed by atoms with van der Waals surface area (Å²) in [5, 5.41) is 0. The van der Waals surface area contributed by atoms with Gasteiger partial charge in [0.2, 0.25) is 0 Å². The number of allylic oxidation sites excluding steroid dienone is 3.